The number of ether oxygens (including phenoxy) is 1. The van der Waals surface area contributed by atoms with Crippen LogP contribution in [0.1, 0.15) is 54.0 Å². The molecule has 6 heteroatoms. The van der Waals surface area contributed by atoms with Gasteiger partial charge in [-0.15, -0.1) is 0 Å². The Bertz CT molecular complexity index is 847. The zero-order chi connectivity index (χ0) is 21.1. The Hall–Kier alpha value is -1.47. The molecule has 1 N–H and O–H groups in total. The lowest BCUT2D eigenvalue weighted by Gasteiger charge is -2.37. The summed E-state index contributed by atoms with van der Waals surface area (Å²) in [6, 6.07) is 13.3. The second kappa shape index (κ2) is 9.77. The van der Waals surface area contributed by atoms with E-state index in [9.17, 15) is 13.9 Å². The molecule has 2 aliphatic rings. The molecular formula is C24H29F2NO2S. The van der Waals surface area contributed by atoms with Crippen LogP contribution < -0.4 is 0 Å². The summed E-state index contributed by atoms with van der Waals surface area (Å²) in [6.45, 7) is 3.57. The summed E-state index contributed by atoms with van der Waals surface area (Å²) in [7, 11) is 0. The Balaban J connectivity index is 1.48. The molecule has 0 spiro atoms. The maximum Gasteiger partial charge on any atom is 0.128 e. The minimum Gasteiger partial charge on any atom is -0.396 e. The van der Waals surface area contributed by atoms with Gasteiger partial charge in [-0.1, -0.05) is 42.3 Å². The maximum absolute atomic E-state index is 15.0. The van der Waals surface area contributed by atoms with Crippen LogP contribution >= 0.6 is 11.9 Å². The Labute approximate surface area is 181 Å². The van der Waals surface area contributed by atoms with Crippen LogP contribution in [0.3, 0.4) is 0 Å². The van der Waals surface area contributed by atoms with E-state index in [4.69, 9.17) is 4.74 Å². The number of hydrogen-bond donors (Lipinski definition) is 1. The molecule has 2 aromatic carbocycles. The molecule has 3 atom stereocenters. The van der Waals surface area contributed by atoms with E-state index >= 15 is 0 Å². The summed E-state index contributed by atoms with van der Waals surface area (Å²) in [6.07, 6.45) is 2.71. The van der Waals surface area contributed by atoms with Crippen LogP contribution in [0.25, 0.3) is 0 Å². The molecule has 3 nitrogen and oxygen atoms in total. The maximum atomic E-state index is 15.0. The number of aliphatic hydroxyl groups is 1. The molecule has 2 aliphatic heterocycles. The Morgan fingerprint density at radius 1 is 1.13 bits per heavy atom. The smallest absolute Gasteiger partial charge is 0.128 e. The van der Waals surface area contributed by atoms with E-state index in [-0.39, 0.29) is 12.2 Å². The Kier molecular flexibility index (Phi) is 7.08. The number of aliphatic hydroxyl groups excluding tert-OH is 1. The van der Waals surface area contributed by atoms with Gasteiger partial charge in [-0.25, -0.2) is 13.1 Å². The molecule has 0 aliphatic carbocycles. The first-order valence-electron chi connectivity index (χ1n) is 10.7. The second-order valence-electron chi connectivity index (χ2n) is 8.49. The highest BCUT2D eigenvalue weighted by Gasteiger charge is 2.30. The van der Waals surface area contributed by atoms with Crippen molar-refractivity contribution in [3.05, 3.63) is 70.8 Å². The van der Waals surface area contributed by atoms with Crippen molar-refractivity contribution in [1.29, 1.82) is 0 Å². The van der Waals surface area contributed by atoms with E-state index in [0.717, 1.165) is 12.8 Å². The van der Waals surface area contributed by atoms with Gasteiger partial charge in [0.05, 0.1) is 19.8 Å². The minimum atomic E-state index is -0.431. The predicted octanol–water partition coefficient (Wildman–Crippen LogP) is 5.45. The first-order chi connectivity index (χ1) is 14.5. The van der Waals surface area contributed by atoms with Crippen molar-refractivity contribution in [2.75, 3.05) is 19.8 Å². The molecule has 3 unspecified atom stereocenters. The van der Waals surface area contributed by atoms with Gasteiger partial charge in [-0.3, -0.25) is 0 Å². The monoisotopic (exact) mass is 433 g/mol. The van der Waals surface area contributed by atoms with Gasteiger partial charge in [0.2, 0.25) is 0 Å². The van der Waals surface area contributed by atoms with E-state index < -0.39 is 17.6 Å². The summed E-state index contributed by atoms with van der Waals surface area (Å²) in [4.78, 5) is 0. The third-order valence-corrected chi connectivity index (χ3v) is 7.77. The van der Waals surface area contributed by atoms with Crippen molar-refractivity contribution < 1.29 is 18.6 Å². The average molecular weight is 434 g/mol. The number of halogens is 2. The van der Waals surface area contributed by atoms with E-state index in [1.807, 2.05) is 18.2 Å². The van der Waals surface area contributed by atoms with Gasteiger partial charge >= 0.3 is 0 Å². The fraction of sp³-hybridized carbons (Fsp3) is 0.500. The van der Waals surface area contributed by atoms with Gasteiger partial charge in [0.15, 0.2) is 0 Å². The second-order valence-corrected chi connectivity index (χ2v) is 9.74. The highest BCUT2D eigenvalue weighted by molar-refractivity contribution is 7.97. The molecule has 2 heterocycles. The van der Waals surface area contributed by atoms with Gasteiger partial charge in [-0.2, -0.15) is 0 Å². The van der Waals surface area contributed by atoms with Gasteiger partial charge in [0.25, 0.3) is 0 Å². The topological polar surface area (TPSA) is 32.7 Å². The highest BCUT2D eigenvalue weighted by atomic mass is 32.2. The summed E-state index contributed by atoms with van der Waals surface area (Å²) >= 11 is 1.73. The van der Waals surface area contributed by atoms with Crippen molar-refractivity contribution >= 4 is 11.9 Å². The van der Waals surface area contributed by atoms with Crippen molar-refractivity contribution in [2.24, 2.45) is 5.92 Å². The zero-order valence-electron chi connectivity index (χ0n) is 17.3. The van der Waals surface area contributed by atoms with Crippen molar-refractivity contribution in [2.45, 2.75) is 49.9 Å². The minimum absolute atomic E-state index is 0.191. The highest BCUT2D eigenvalue weighted by Crippen LogP contribution is 2.43. The van der Waals surface area contributed by atoms with Crippen LogP contribution in [0.4, 0.5) is 8.78 Å². The quantitative estimate of drug-likeness (QED) is 0.589. The van der Waals surface area contributed by atoms with Crippen LogP contribution in [-0.4, -0.2) is 35.3 Å². The van der Waals surface area contributed by atoms with Gasteiger partial charge in [-0.05, 0) is 49.4 Å². The summed E-state index contributed by atoms with van der Waals surface area (Å²) in [5.41, 5.74) is 1.91. The SMILES string of the molecule is CC1CCC(c2ccccc2)SN1Cc1cc(F)c(C(CO)CC2COC2)cc1F. The Morgan fingerprint density at radius 3 is 2.57 bits per heavy atom. The normalized spacial score (nSPS) is 23.9. The van der Waals surface area contributed by atoms with Crippen molar-refractivity contribution in [3.63, 3.8) is 0 Å². The van der Waals surface area contributed by atoms with Crippen LogP contribution in [-0.2, 0) is 11.3 Å². The summed E-state index contributed by atoms with van der Waals surface area (Å²) in [5, 5.41) is 10.1. The molecule has 4 rings (SSSR count). The molecule has 2 aromatic rings. The van der Waals surface area contributed by atoms with E-state index in [2.05, 4.69) is 23.4 Å². The van der Waals surface area contributed by atoms with Crippen LogP contribution in [0.2, 0.25) is 0 Å². The third-order valence-electron chi connectivity index (χ3n) is 6.25. The molecule has 2 fully saturated rings. The lowest BCUT2D eigenvalue weighted by molar-refractivity contribution is -0.0406. The molecule has 0 saturated carbocycles. The average Bonchev–Trinajstić information content (AvgIpc) is 2.72. The molecule has 162 valence electrons. The number of rotatable bonds is 7. The molecule has 0 bridgehead atoms. The fourth-order valence-corrected chi connectivity index (χ4v) is 5.65. The standard InChI is InChI=1S/C24H29F2NO2S/c1-16-7-8-24(18-5-3-2-4-6-18)30-27(16)12-19-10-23(26)21(11-22(19)25)20(13-28)9-17-14-29-15-17/h2-6,10-11,16-17,20,24,28H,7-9,12-15H2,1H3. The Morgan fingerprint density at radius 2 is 1.90 bits per heavy atom. The van der Waals surface area contributed by atoms with Crippen LogP contribution in [0.5, 0.6) is 0 Å². The predicted molar refractivity (Wildman–Crippen MR) is 116 cm³/mol. The first-order valence-corrected chi connectivity index (χ1v) is 11.5. The molecule has 0 amide bonds. The van der Waals surface area contributed by atoms with Gasteiger partial charge in [0, 0.05) is 35.2 Å². The molecule has 0 aromatic heterocycles. The lowest BCUT2D eigenvalue weighted by atomic mass is 9.87. The lowest BCUT2D eigenvalue weighted by Crippen LogP contribution is -2.32. The van der Waals surface area contributed by atoms with Gasteiger partial charge < -0.3 is 9.84 Å². The first kappa shape index (κ1) is 21.8. The molecule has 0 radical (unpaired) electrons. The largest absolute Gasteiger partial charge is 0.396 e. The third kappa shape index (κ3) is 4.88. The van der Waals surface area contributed by atoms with Gasteiger partial charge in [0.1, 0.15) is 11.6 Å². The molecular weight excluding hydrogens is 404 g/mol. The van der Waals surface area contributed by atoms with Crippen LogP contribution in [0.15, 0.2) is 42.5 Å². The molecule has 30 heavy (non-hydrogen) atoms. The summed E-state index contributed by atoms with van der Waals surface area (Å²) in [5.74, 6) is -0.915. The summed E-state index contributed by atoms with van der Waals surface area (Å²) < 4.78 is 37.2. The molecule has 2 saturated heterocycles. The van der Waals surface area contributed by atoms with E-state index in [0.29, 0.717) is 49.0 Å². The zero-order valence-corrected chi connectivity index (χ0v) is 18.1. The van der Waals surface area contributed by atoms with E-state index in [1.165, 1.54) is 17.7 Å². The number of benzene rings is 2. The van der Waals surface area contributed by atoms with E-state index in [1.54, 1.807) is 11.9 Å². The van der Waals surface area contributed by atoms with Crippen LogP contribution in [0, 0.1) is 17.6 Å². The van der Waals surface area contributed by atoms with Crippen molar-refractivity contribution in [1.82, 2.24) is 4.31 Å². The van der Waals surface area contributed by atoms with Crippen molar-refractivity contribution in [3.8, 4) is 0 Å². The number of nitrogens with zero attached hydrogens (tertiary/aromatic N) is 1. The number of hydrogen-bond acceptors (Lipinski definition) is 4. The fourth-order valence-electron chi connectivity index (χ4n) is 4.27.